The zero-order chi connectivity index (χ0) is 14.3. The Morgan fingerprint density at radius 1 is 1.30 bits per heavy atom. The molecule has 0 bridgehead atoms. The second-order valence-corrected chi connectivity index (χ2v) is 6.34. The number of halogens is 3. The number of alkyl halides is 3. The average molecular weight is 301 g/mol. The van der Waals surface area contributed by atoms with Gasteiger partial charge < -0.3 is 4.90 Å². The van der Waals surface area contributed by atoms with Crippen LogP contribution in [-0.2, 0) is 11.0 Å². The van der Waals surface area contributed by atoms with E-state index in [4.69, 9.17) is 0 Å². The minimum Gasteiger partial charge on any atom is -0.325 e. The fourth-order valence-corrected chi connectivity index (χ4v) is 3.66. The zero-order valence-corrected chi connectivity index (χ0v) is 11.5. The summed E-state index contributed by atoms with van der Waals surface area (Å²) < 4.78 is 38.3. The van der Waals surface area contributed by atoms with E-state index in [0.29, 0.717) is 12.1 Å². The van der Waals surface area contributed by atoms with Gasteiger partial charge in [-0.1, -0.05) is 12.1 Å². The Kier molecular flexibility index (Phi) is 3.44. The van der Waals surface area contributed by atoms with E-state index in [2.05, 4.69) is 0 Å². The Labute approximate surface area is 119 Å². The molecule has 20 heavy (non-hydrogen) atoms. The molecule has 1 saturated carbocycles. The molecule has 1 aromatic carbocycles. The molecular formula is C14H14F3NOS. The highest BCUT2D eigenvalue weighted by Crippen LogP contribution is 2.43. The van der Waals surface area contributed by atoms with Crippen LogP contribution < -0.4 is 0 Å². The topological polar surface area (TPSA) is 20.3 Å². The molecule has 2 aliphatic rings. The third-order valence-corrected chi connectivity index (χ3v) is 4.86. The zero-order valence-electron chi connectivity index (χ0n) is 10.7. The van der Waals surface area contributed by atoms with Gasteiger partial charge in [-0.25, -0.2) is 0 Å². The molecule has 0 radical (unpaired) electrons. The van der Waals surface area contributed by atoms with Crippen LogP contribution in [0.25, 0.3) is 0 Å². The Balaban J connectivity index is 1.85. The number of hydrogen-bond donors (Lipinski definition) is 0. The molecule has 1 aliphatic carbocycles. The van der Waals surface area contributed by atoms with Gasteiger partial charge in [0.2, 0.25) is 5.91 Å². The number of hydrogen-bond acceptors (Lipinski definition) is 2. The molecule has 0 unspecified atom stereocenters. The van der Waals surface area contributed by atoms with E-state index >= 15 is 0 Å². The lowest BCUT2D eigenvalue weighted by molar-refractivity contribution is -0.137. The summed E-state index contributed by atoms with van der Waals surface area (Å²) in [6.07, 6.45) is -2.52. The molecule has 1 aromatic rings. The number of amides is 1. The molecule has 1 atom stereocenters. The van der Waals surface area contributed by atoms with E-state index in [1.165, 1.54) is 17.8 Å². The number of benzene rings is 1. The van der Waals surface area contributed by atoms with Gasteiger partial charge in [0.1, 0.15) is 5.37 Å². The van der Waals surface area contributed by atoms with Crippen molar-refractivity contribution in [2.75, 3.05) is 12.3 Å². The van der Waals surface area contributed by atoms with Crippen molar-refractivity contribution in [2.24, 2.45) is 5.92 Å². The molecular weight excluding hydrogens is 287 g/mol. The van der Waals surface area contributed by atoms with Crippen LogP contribution in [0, 0.1) is 5.92 Å². The van der Waals surface area contributed by atoms with Crippen LogP contribution in [0.4, 0.5) is 13.2 Å². The Hall–Kier alpha value is -1.17. The van der Waals surface area contributed by atoms with Gasteiger partial charge in [-0.3, -0.25) is 4.79 Å². The maximum Gasteiger partial charge on any atom is 0.416 e. The van der Waals surface area contributed by atoms with Crippen LogP contribution in [0.1, 0.15) is 29.3 Å². The summed E-state index contributed by atoms with van der Waals surface area (Å²) in [7, 11) is 0. The highest BCUT2D eigenvalue weighted by molar-refractivity contribution is 7.99. The fraction of sp³-hybridized carbons (Fsp3) is 0.500. The highest BCUT2D eigenvalue weighted by Gasteiger charge is 2.40. The minimum atomic E-state index is -4.34. The monoisotopic (exact) mass is 301 g/mol. The first kappa shape index (κ1) is 13.8. The standard InChI is InChI=1S/C14H14F3NOS/c15-14(16,17)11-3-1-2-10(8-11)13-18(6-7-20-13)12(19)9-4-5-9/h1-3,8-9,13H,4-7H2/t13-/m0/s1. The molecule has 6 heteroatoms. The van der Waals surface area contributed by atoms with Crippen molar-refractivity contribution >= 4 is 17.7 Å². The number of carbonyl (C=O) groups is 1. The number of carbonyl (C=O) groups excluding carboxylic acids is 1. The van der Waals surface area contributed by atoms with Crippen molar-refractivity contribution in [1.82, 2.24) is 4.90 Å². The molecule has 3 rings (SSSR count). The molecule has 1 saturated heterocycles. The number of rotatable bonds is 2. The van der Waals surface area contributed by atoms with Crippen molar-refractivity contribution in [3.05, 3.63) is 35.4 Å². The maximum absolute atomic E-state index is 12.8. The summed E-state index contributed by atoms with van der Waals surface area (Å²) in [5.74, 6) is 0.971. The van der Waals surface area contributed by atoms with Gasteiger partial charge in [-0.15, -0.1) is 11.8 Å². The summed E-state index contributed by atoms with van der Waals surface area (Å²) in [5.41, 5.74) is -0.0855. The second-order valence-electron chi connectivity index (χ2n) is 5.15. The predicted octanol–water partition coefficient (Wildman–Crippen LogP) is 3.69. The fourth-order valence-electron chi connectivity index (χ4n) is 2.41. The summed E-state index contributed by atoms with van der Waals surface area (Å²) in [6, 6.07) is 5.31. The summed E-state index contributed by atoms with van der Waals surface area (Å²) >= 11 is 1.53. The number of nitrogens with zero attached hydrogens (tertiary/aromatic N) is 1. The summed E-state index contributed by atoms with van der Waals surface area (Å²) in [5, 5.41) is -0.273. The van der Waals surface area contributed by atoms with Crippen molar-refractivity contribution in [3.8, 4) is 0 Å². The first-order valence-electron chi connectivity index (χ1n) is 6.56. The highest BCUT2D eigenvalue weighted by atomic mass is 32.2. The van der Waals surface area contributed by atoms with Crippen LogP contribution in [0.3, 0.4) is 0 Å². The van der Waals surface area contributed by atoms with Gasteiger partial charge in [-0.2, -0.15) is 13.2 Å². The molecule has 0 spiro atoms. The van der Waals surface area contributed by atoms with Crippen LogP contribution in [0.5, 0.6) is 0 Å². The van der Waals surface area contributed by atoms with Crippen molar-refractivity contribution in [2.45, 2.75) is 24.4 Å². The largest absolute Gasteiger partial charge is 0.416 e. The van der Waals surface area contributed by atoms with Crippen LogP contribution in [0.2, 0.25) is 0 Å². The molecule has 1 heterocycles. The van der Waals surface area contributed by atoms with E-state index in [1.54, 1.807) is 11.0 Å². The molecule has 108 valence electrons. The minimum absolute atomic E-state index is 0.0948. The van der Waals surface area contributed by atoms with E-state index in [9.17, 15) is 18.0 Å². The van der Waals surface area contributed by atoms with E-state index in [1.807, 2.05) is 0 Å². The molecule has 2 fully saturated rings. The lowest BCUT2D eigenvalue weighted by atomic mass is 10.1. The van der Waals surface area contributed by atoms with Crippen LogP contribution >= 0.6 is 11.8 Å². The maximum atomic E-state index is 12.8. The third-order valence-electron chi connectivity index (χ3n) is 3.60. The van der Waals surface area contributed by atoms with E-state index < -0.39 is 11.7 Å². The lowest BCUT2D eigenvalue weighted by Crippen LogP contribution is -2.31. The van der Waals surface area contributed by atoms with E-state index in [-0.39, 0.29) is 17.2 Å². The number of thioether (sulfide) groups is 1. The Bertz CT molecular complexity index is 527. The molecule has 0 aromatic heterocycles. The SMILES string of the molecule is O=C(C1CC1)N1CCS[C@H]1c1cccc(C(F)(F)F)c1. The predicted molar refractivity (Wildman–Crippen MR) is 71.1 cm³/mol. The van der Waals surface area contributed by atoms with Gasteiger partial charge >= 0.3 is 6.18 Å². The Morgan fingerprint density at radius 3 is 2.70 bits per heavy atom. The van der Waals surface area contributed by atoms with Gasteiger partial charge in [0, 0.05) is 18.2 Å². The first-order chi connectivity index (χ1) is 9.47. The summed E-state index contributed by atoms with van der Waals surface area (Å²) in [6.45, 7) is 0.626. The van der Waals surface area contributed by atoms with Gasteiger partial charge in [0.15, 0.2) is 0 Å². The molecule has 2 nitrogen and oxygen atoms in total. The quantitative estimate of drug-likeness (QED) is 0.830. The van der Waals surface area contributed by atoms with Crippen LogP contribution in [-0.4, -0.2) is 23.1 Å². The molecule has 1 aliphatic heterocycles. The van der Waals surface area contributed by atoms with E-state index in [0.717, 1.165) is 30.7 Å². The molecule has 0 N–H and O–H groups in total. The molecule has 1 amide bonds. The van der Waals surface area contributed by atoms with Crippen molar-refractivity contribution in [1.29, 1.82) is 0 Å². The van der Waals surface area contributed by atoms with Crippen molar-refractivity contribution in [3.63, 3.8) is 0 Å². The van der Waals surface area contributed by atoms with Crippen LogP contribution in [0.15, 0.2) is 24.3 Å². The smallest absolute Gasteiger partial charge is 0.325 e. The first-order valence-corrected chi connectivity index (χ1v) is 7.61. The summed E-state index contributed by atoms with van der Waals surface area (Å²) in [4.78, 5) is 13.9. The average Bonchev–Trinajstić information content (AvgIpc) is 3.14. The normalized spacial score (nSPS) is 23.1. The third kappa shape index (κ3) is 2.66. The van der Waals surface area contributed by atoms with Gasteiger partial charge in [0.05, 0.1) is 5.56 Å². The van der Waals surface area contributed by atoms with Crippen molar-refractivity contribution < 1.29 is 18.0 Å². The second kappa shape index (κ2) is 4.98. The van der Waals surface area contributed by atoms with Gasteiger partial charge in [-0.05, 0) is 30.5 Å². The lowest BCUT2D eigenvalue weighted by Gasteiger charge is -2.24. The Morgan fingerprint density at radius 2 is 2.05 bits per heavy atom. The van der Waals surface area contributed by atoms with Gasteiger partial charge in [0.25, 0.3) is 0 Å².